The van der Waals surface area contributed by atoms with Crippen molar-refractivity contribution in [3.8, 4) is 11.5 Å². The van der Waals surface area contributed by atoms with Gasteiger partial charge in [-0.25, -0.2) is 5.43 Å². The molecule has 0 fully saturated rings. The quantitative estimate of drug-likeness (QED) is 0.338. The smallest absolute Gasteiger partial charge is 0.265 e. The molecule has 0 aliphatic rings. The number of fused-ring (bicyclic) bond motifs is 3. The van der Waals surface area contributed by atoms with E-state index in [0.29, 0.717) is 15.9 Å². The Hall–Kier alpha value is -3.20. The number of nitrogens with zero attached hydrogens (tertiary/aromatic N) is 4. The zero-order chi connectivity index (χ0) is 19.0. The number of aryl methyl sites for hydroxylation is 1. The Labute approximate surface area is 162 Å². The monoisotopic (exact) mass is 426 g/mol. The number of ether oxygens (including phenoxy) is 1. The first-order valence-electron chi connectivity index (χ1n) is 8.04. The van der Waals surface area contributed by atoms with Gasteiger partial charge in [0, 0.05) is 5.39 Å². The minimum atomic E-state index is 0.0368. The molecule has 0 atom stereocenters. The minimum Gasteiger partial charge on any atom is -0.503 e. The molecule has 0 saturated heterocycles. The largest absolute Gasteiger partial charge is 0.503 e. The number of aromatic hydroxyl groups is 1. The lowest BCUT2D eigenvalue weighted by atomic mass is 10.1. The number of phenolic OH excluding ortho intramolecular Hbond substituents is 1. The average Bonchev–Trinajstić information content (AvgIpc) is 3.04. The lowest BCUT2D eigenvalue weighted by Gasteiger charge is -2.06. The van der Waals surface area contributed by atoms with Crippen molar-refractivity contribution in [3.05, 3.63) is 45.9 Å². The van der Waals surface area contributed by atoms with Crippen molar-refractivity contribution in [3.63, 3.8) is 0 Å². The molecule has 136 valence electrons. The molecule has 0 aliphatic carbocycles. The van der Waals surface area contributed by atoms with E-state index >= 15 is 0 Å². The Morgan fingerprint density at radius 3 is 2.96 bits per heavy atom. The SMILES string of the molecule is COc1cc(C=NNc2nnc3c(n2)[nH]c2c(C)cccc23)cc(Br)c1O. The van der Waals surface area contributed by atoms with Gasteiger partial charge in [0.15, 0.2) is 17.1 Å². The van der Waals surface area contributed by atoms with E-state index in [-0.39, 0.29) is 11.7 Å². The molecule has 0 unspecified atom stereocenters. The summed E-state index contributed by atoms with van der Waals surface area (Å²) in [5.41, 5.74) is 6.95. The van der Waals surface area contributed by atoms with E-state index < -0.39 is 0 Å². The maximum atomic E-state index is 9.84. The van der Waals surface area contributed by atoms with Gasteiger partial charge in [0.1, 0.15) is 5.52 Å². The Bertz CT molecular complexity index is 1190. The molecule has 27 heavy (non-hydrogen) atoms. The summed E-state index contributed by atoms with van der Waals surface area (Å²) in [7, 11) is 1.48. The van der Waals surface area contributed by atoms with Crippen LogP contribution in [-0.4, -0.2) is 38.6 Å². The number of hydrogen-bond donors (Lipinski definition) is 3. The van der Waals surface area contributed by atoms with Gasteiger partial charge in [-0.05, 0) is 46.1 Å². The Kier molecular flexibility index (Phi) is 4.36. The van der Waals surface area contributed by atoms with Crippen molar-refractivity contribution in [2.45, 2.75) is 6.92 Å². The predicted octanol–water partition coefficient (Wildman–Crippen LogP) is 3.74. The van der Waals surface area contributed by atoms with Crippen LogP contribution in [0.3, 0.4) is 0 Å². The molecule has 0 aliphatic heterocycles. The maximum Gasteiger partial charge on any atom is 0.265 e. The molecule has 3 N–H and O–H groups in total. The summed E-state index contributed by atoms with van der Waals surface area (Å²) in [5.74, 6) is 0.654. The summed E-state index contributed by atoms with van der Waals surface area (Å²) in [6, 6.07) is 9.37. The number of halogens is 1. The molecular formula is C18H15BrN6O2. The summed E-state index contributed by atoms with van der Waals surface area (Å²) in [6.45, 7) is 2.03. The molecular weight excluding hydrogens is 412 g/mol. The molecule has 0 amide bonds. The number of benzene rings is 2. The standard InChI is InChI=1S/C18H15BrN6O2/c1-9-4-3-5-11-14(9)21-17-15(11)23-25-18(22-17)24-20-8-10-6-12(19)16(26)13(7-10)27-2/h3-8,26H,1-2H3,(H2,21,22,24,25). The van der Waals surface area contributed by atoms with E-state index in [1.807, 2.05) is 25.1 Å². The number of aromatic nitrogens is 4. The normalized spacial score (nSPS) is 11.5. The van der Waals surface area contributed by atoms with Crippen LogP contribution in [0.4, 0.5) is 5.95 Å². The van der Waals surface area contributed by atoms with E-state index in [1.54, 1.807) is 18.3 Å². The summed E-state index contributed by atoms with van der Waals surface area (Å²) < 4.78 is 5.63. The van der Waals surface area contributed by atoms with Crippen molar-refractivity contribution in [1.29, 1.82) is 0 Å². The average molecular weight is 427 g/mol. The number of anilines is 1. The molecule has 0 radical (unpaired) electrons. The van der Waals surface area contributed by atoms with Gasteiger partial charge in [0.25, 0.3) is 5.95 Å². The maximum absolute atomic E-state index is 9.84. The first-order chi connectivity index (χ1) is 13.1. The first kappa shape index (κ1) is 17.2. The van der Waals surface area contributed by atoms with Crippen LogP contribution in [-0.2, 0) is 0 Å². The molecule has 0 saturated carbocycles. The molecule has 2 aromatic heterocycles. The van der Waals surface area contributed by atoms with Crippen LogP contribution in [0.1, 0.15) is 11.1 Å². The second-order valence-electron chi connectivity index (χ2n) is 5.88. The number of H-pyrrole nitrogens is 1. The van der Waals surface area contributed by atoms with E-state index in [0.717, 1.165) is 27.5 Å². The number of phenols is 1. The zero-order valence-electron chi connectivity index (χ0n) is 14.5. The zero-order valence-corrected chi connectivity index (χ0v) is 16.1. The molecule has 8 nitrogen and oxygen atoms in total. The van der Waals surface area contributed by atoms with Crippen molar-refractivity contribution in [1.82, 2.24) is 20.2 Å². The van der Waals surface area contributed by atoms with Crippen LogP contribution in [0, 0.1) is 6.92 Å². The molecule has 9 heteroatoms. The van der Waals surface area contributed by atoms with Crippen molar-refractivity contribution >= 4 is 50.2 Å². The second-order valence-corrected chi connectivity index (χ2v) is 6.73. The van der Waals surface area contributed by atoms with Gasteiger partial charge in [-0.3, -0.25) is 0 Å². The van der Waals surface area contributed by atoms with Crippen LogP contribution in [0.15, 0.2) is 39.9 Å². The van der Waals surface area contributed by atoms with Gasteiger partial charge in [-0.15, -0.1) is 10.2 Å². The number of hydrogen-bond acceptors (Lipinski definition) is 7. The Balaban J connectivity index is 1.60. The predicted molar refractivity (Wildman–Crippen MR) is 108 cm³/mol. The fourth-order valence-electron chi connectivity index (χ4n) is 2.78. The van der Waals surface area contributed by atoms with E-state index in [4.69, 9.17) is 4.74 Å². The minimum absolute atomic E-state index is 0.0368. The van der Waals surface area contributed by atoms with E-state index in [1.165, 1.54) is 7.11 Å². The van der Waals surface area contributed by atoms with Gasteiger partial charge < -0.3 is 14.8 Å². The highest BCUT2D eigenvalue weighted by Gasteiger charge is 2.10. The third-order valence-electron chi connectivity index (χ3n) is 4.11. The number of rotatable bonds is 4. The molecule has 2 aromatic carbocycles. The number of para-hydroxylation sites is 1. The summed E-state index contributed by atoms with van der Waals surface area (Å²) in [5, 5.41) is 23.3. The van der Waals surface area contributed by atoms with Crippen LogP contribution in [0.5, 0.6) is 11.5 Å². The fraction of sp³-hybridized carbons (Fsp3) is 0.111. The number of aromatic amines is 1. The highest BCUT2D eigenvalue weighted by atomic mass is 79.9. The van der Waals surface area contributed by atoms with E-state index in [9.17, 15) is 5.11 Å². The van der Waals surface area contributed by atoms with Crippen LogP contribution >= 0.6 is 15.9 Å². The molecule has 0 bridgehead atoms. The van der Waals surface area contributed by atoms with Crippen molar-refractivity contribution in [2.75, 3.05) is 12.5 Å². The summed E-state index contributed by atoms with van der Waals surface area (Å²) >= 11 is 3.27. The first-order valence-corrected chi connectivity index (χ1v) is 8.83. The third-order valence-corrected chi connectivity index (χ3v) is 4.71. The number of nitrogens with one attached hydrogen (secondary N) is 2. The fourth-order valence-corrected chi connectivity index (χ4v) is 3.24. The number of hydrazone groups is 1. The van der Waals surface area contributed by atoms with Gasteiger partial charge >= 0.3 is 0 Å². The topological polar surface area (TPSA) is 108 Å². The van der Waals surface area contributed by atoms with Gasteiger partial charge in [-0.1, -0.05) is 18.2 Å². The van der Waals surface area contributed by atoms with Crippen molar-refractivity contribution < 1.29 is 9.84 Å². The molecule has 4 aromatic rings. The van der Waals surface area contributed by atoms with Gasteiger partial charge in [0.2, 0.25) is 0 Å². The Morgan fingerprint density at radius 2 is 2.15 bits per heavy atom. The summed E-state index contributed by atoms with van der Waals surface area (Å²) in [4.78, 5) is 7.69. The molecule has 2 heterocycles. The van der Waals surface area contributed by atoms with E-state index in [2.05, 4.69) is 46.6 Å². The van der Waals surface area contributed by atoms with Crippen molar-refractivity contribution in [2.24, 2.45) is 5.10 Å². The number of methoxy groups -OCH3 is 1. The van der Waals surface area contributed by atoms with Gasteiger partial charge in [-0.2, -0.15) is 10.1 Å². The third kappa shape index (κ3) is 3.17. The van der Waals surface area contributed by atoms with Crippen LogP contribution in [0.25, 0.3) is 22.1 Å². The second kappa shape index (κ2) is 6.84. The lowest BCUT2D eigenvalue weighted by Crippen LogP contribution is -1.99. The highest BCUT2D eigenvalue weighted by molar-refractivity contribution is 9.10. The van der Waals surface area contributed by atoms with Crippen LogP contribution in [0.2, 0.25) is 0 Å². The molecule has 0 spiro atoms. The highest BCUT2D eigenvalue weighted by Crippen LogP contribution is 2.34. The van der Waals surface area contributed by atoms with Crippen LogP contribution < -0.4 is 10.2 Å². The Morgan fingerprint density at radius 1 is 1.30 bits per heavy atom. The lowest BCUT2D eigenvalue weighted by molar-refractivity contribution is 0.372. The van der Waals surface area contributed by atoms with Gasteiger partial charge in [0.05, 0.1) is 23.3 Å². The summed E-state index contributed by atoms with van der Waals surface area (Å²) in [6.07, 6.45) is 1.57. The molecule has 4 rings (SSSR count).